The van der Waals surface area contributed by atoms with E-state index in [0.29, 0.717) is 67.2 Å². The van der Waals surface area contributed by atoms with E-state index in [2.05, 4.69) is 72.8 Å². The van der Waals surface area contributed by atoms with E-state index in [9.17, 15) is 9.59 Å². The topological polar surface area (TPSA) is 144 Å². The van der Waals surface area contributed by atoms with Gasteiger partial charge in [0.2, 0.25) is 18.2 Å². The summed E-state index contributed by atoms with van der Waals surface area (Å²) in [7, 11) is 1.80. The van der Waals surface area contributed by atoms with Gasteiger partial charge in [-0.25, -0.2) is 29.3 Å². The number of unbranched alkanes of at least 4 members (excludes halogenated alkanes) is 3. The van der Waals surface area contributed by atoms with Crippen LogP contribution in [0.4, 0.5) is 11.4 Å². The van der Waals surface area contributed by atoms with Crippen molar-refractivity contribution in [1.29, 1.82) is 0 Å². The fraction of sp³-hybridized carbons (Fsp3) is 0.560. The Bertz CT molecular complexity index is 1750. The number of rotatable bonds is 26. The maximum Gasteiger partial charge on any atom is 0.338 e. The quantitative estimate of drug-likeness (QED) is 0.0266. The summed E-state index contributed by atoms with van der Waals surface area (Å²) >= 11 is 0. The van der Waals surface area contributed by atoms with Crippen molar-refractivity contribution in [3.63, 3.8) is 0 Å². The van der Waals surface area contributed by atoms with Crippen LogP contribution in [0.25, 0.3) is 0 Å². The van der Waals surface area contributed by atoms with Crippen molar-refractivity contribution in [1.82, 2.24) is 10.6 Å². The number of hydrogen-bond donors (Lipinski definition) is 4. The normalized spacial score (nSPS) is 14.8. The second-order valence-corrected chi connectivity index (χ2v) is 16.1. The standard InChI is InChI=1S/C34H52N6O4.C16H24O2/c1-6-10-12-25(8-3)22-42-31(41)28-16-20-30(21-17-28)37-34-39-32(35-5)38-33(40-34)36-29-18-14-27(15-19-29)24-44-43-23-26(9-4)13-11-7-2;1-4-6-7-14(5-2)12-18-16(17)15-10-8-13(3)9-11-15/h14-21,25-26,32,35H,6-13,22-24H2,1-5H3,(H3,36,37,38,39,40);8-11,14H,4-7,12H2,1-3H3. The summed E-state index contributed by atoms with van der Waals surface area (Å²) in [4.78, 5) is 44.5. The van der Waals surface area contributed by atoms with E-state index in [0.717, 1.165) is 67.4 Å². The molecule has 1 heterocycles. The molecule has 0 aromatic heterocycles. The average Bonchev–Trinajstić information content (AvgIpc) is 3.29. The Morgan fingerprint density at radius 2 is 1.02 bits per heavy atom. The molecule has 0 radical (unpaired) electrons. The first-order valence-electron chi connectivity index (χ1n) is 23.1. The van der Waals surface area contributed by atoms with E-state index in [1.165, 1.54) is 32.1 Å². The number of carbonyl (C=O) groups excluding carboxylic acids is 2. The molecule has 4 rings (SSSR count). The molecule has 12 heteroatoms. The molecule has 1 aliphatic heterocycles. The first-order chi connectivity index (χ1) is 30.1. The molecule has 0 spiro atoms. The molecule has 0 amide bonds. The van der Waals surface area contributed by atoms with Crippen molar-refractivity contribution in [2.45, 2.75) is 138 Å². The summed E-state index contributed by atoms with van der Waals surface area (Å²) in [6.45, 7) is 17.1. The zero-order valence-corrected chi connectivity index (χ0v) is 38.9. The Hall–Kier alpha value is -4.78. The second kappa shape index (κ2) is 30.3. The molecule has 342 valence electrons. The van der Waals surface area contributed by atoms with Crippen LogP contribution < -0.4 is 21.3 Å². The predicted molar refractivity (Wildman–Crippen MR) is 253 cm³/mol. The van der Waals surface area contributed by atoms with E-state index >= 15 is 0 Å². The lowest BCUT2D eigenvalue weighted by molar-refractivity contribution is -0.310. The summed E-state index contributed by atoms with van der Waals surface area (Å²) in [5.41, 5.74) is 4.98. The van der Waals surface area contributed by atoms with Gasteiger partial charge in [-0.05, 0) is 105 Å². The van der Waals surface area contributed by atoms with Crippen LogP contribution in [0.2, 0.25) is 0 Å². The van der Waals surface area contributed by atoms with Crippen molar-refractivity contribution in [2.24, 2.45) is 27.7 Å². The SMILES string of the molecule is CCCCC(CC)COC(=O)c1ccc(C)cc1.CCCCC(CC)COOCc1ccc(NC2=NC(NC)N=C(Nc3ccc(C(=O)OCC(CC)CCCC)cc3)N2)cc1. The van der Waals surface area contributed by atoms with E-state index in [4.69, 9.17) is 19.2 Å². The lowest BCUT2D eigenvalue weighted by Crippen LogP contribution is -2.46. The molecule has 0 aliphatic carbocycles. The Morgan fingerprint density at radius 1 is 0.597 bits per heavy atom. The van der Waals surface area contributed by atoms with Crippen LogP contribution in [0, 0.1) is 24.7 Å². The fourth-order valence-corrected chi connectivity index (χ4v) is 6.55. The van der Waals surface area contributed by atoms with E-state index in [-0.39, 0.29) is 11.9 Å². The smallest absolute Gasteiger partial charge is 0.338 e. The number of carbonyl (C=O) groups is 2. The second-order valence-electron chi connectivity index (χ2n) is 16.1. The highest BCUT2D eigenvalue weighted by molar-refractivity contribution is 6.10. The van der Waals surface area contributed by atoms with Crippen LogP contribution in [0.5, 0.6) is 0 Å². The van der Waals surface area contributed by atoms with Crippen LogP contribution in [0.3, 0.4) is 0 Å². The van der Waals surface area contributed by atoms with Crippen LogP contribution in [-0.4, -0.2) is 57.0 Å². The van der Waals surface area contributed by atoms with Crippen LogP contribution in [0.15, 0.2) is 82.8 Å². The maximum absolute atomic E-state index is 12.6. The molecule has 1 aliphatic rings. The minimum atomic E-state index is -0.469. The van der Waals surface area contributed by atoms with Crippen LogP contribution in [-0.2, 0) is 25.9 Å². The van der Waals surface area contributed by atoms with Crippen LogP contribution >= 0.6 is 0 Å². The number of guanidine groups is 2. The Balaban J connectivity index is 0.000000474. The van der Waals surface area contributed by atoms with Gasteiger partial charge < -0.3 is 20.1 Å². The van der Waals surface area contributed by atoms with Gasteiger partial charge in [0, 0.05) is 11.4 Å². The van der Waals surface area contributed by atoms with E-state index in [1.807, 2.05) is 67.6 Å². The molecule has 3 aromatic carbocycles. The van der Waals surface area contributed by atoms with Crippen molar-refractivity contribution in [3.05, 3.63) is 95.1 Å². The number of aliphatic imine (C=N–C) groups is 2. The van der Waals surface area contributed by atoms with Gasteiger partial charge in [-0.15, -0.1) is 0 Å². The van der Waals surface area contributed by atoms with Gasteiger partial charge in [0.15, 0.2) is 0 Å². The largest absolute Gasteiger partial charge is 0.462 e. The number of benzene rings is 3. The summed E-state index contributed by atoms with van der Waals surface area (Å²) in [6.07, 6.45) is 13.2. The molecule has 4 unspecified atom stereocenters. The molecular weight excluding hydrogens is 781 g/mol. The highest BCUT2D eigenvalue weighted by Crippen LogP contribution is 2.18. The van der Waals surface area contributed by atoms with Gasteiger partial charge in [0.1, 0.15) is 6.61 Å². The summed E-state index contributed by atoms with van der Waals surface area (Å²) in [5.74, 6) is 2.00. The van der Waals surface area contributed by atoms with Crippen molar-refractivity contribution >= 4 is 35.2 Å². The number of aryl methyl sites for hydroxylation is 1. The van der Waals surface area contributed by atoms with Crippen molar-refractivity contribution in [3.8, 4) is 0 Å². The van der Waals surface area contributed by atoms with E-state index < -0.39 is 6.29 Å². The van der Waals surface area contributed by atoms with E-state index in [1.54, 1.807) is 19.2 Å². The molecule has 0 fully saturated rings. The molecule has 0 saturated heterocycles. The summed E-state index contributed by atoms with van der Waals surface area (Å²) in [5, 5.41) is 12.8. The number of nitrogens with one attached hydrogen (secondary N) is 4. The summed E-state index contributed by atoms with van der Waals surface area (Å²) in [6, 6.07) is 22.6. The van der Waals surface area contributed by atoms with Gasteiger partial charge in [-0.1, -0.05) is 129 Å². The predicted octanol–water partition coefficient (Wildman–Crippen LogP) is 11.4. The third kappa shape index (κ3) is 19.9. The Kier molecular flexibility index (Phi) is 25.2. The van der Waals surface area contributed by atoms with Gasteiger partial charge in [0.05, 0.1) is 30.9 Å². The number of nitrogens with zero attached hydrogens (tertiary/aromatic N) is 2. The van der Waals surface area contributed by atoms with Gasteiger partial charge >= 0.3 is 11.9 Å². The van der Waals surface area contributed by atoms with Gasteiger partial charge in [0.25, 0.3) is 0 Å². The monoisotopic (exact) mass is 857 g/mol. The van der Waals surface area contributed by atoms with Gasteiger partial charge in [-0.3, -0.25) is 10.6 Å². The van der Waals surface area contributed by atoms with Gasteiger partial charge in [-0.2, -0.15) is 0 Å². The third-order valence-corrected chi connectivity index (χ3v) is 11.0. The maximum atomic E-state index is 12.6. The first kappa shape index (κ1) is 51.6. The summed E-state index contributed by atoms with van der Waals surface area (Å²) < 4.78 is 11.0. The lowest BCUT2D eigenvalue weighted by atomic mass is 10.0. The number of esters is 2. The molecule has 0 bridgehead atoms. The molecule has 4 N–H and O–H groups in total. The first-order valence-corrected chi connectivity index (χ1v) is 23.1. The highest BCUT2D eigenvalue weighted by atomic mass is 17.2. The Morgan fingerprint density at radius 3 is 1.44 bits per heavy atom. The minimum Gasteiger partial charge on any atom is -0.462 e. The number of hydrogen-bond acceptors (Lipinski definition) is 12. The number of anilines is 2. The minimum absolute atomic E-state index is 0.204. The average molecular weight is 857 g/mol. The molecule has 4 atom stereocenters. The Labute approximate surface area is 372 Å². The molecular formula is C50H76N6O6. The molecule has 3 aromatic rings. The zero-order chi connectivity index (χ0) is 45.0. The molecule has 12 nitrogen and oxygen atoms in total. The number of ether oxygens (including phenoxy) is 2. The zero-order valence-electron chi connectivity index (χ0n) is 38.9. The van der Waals surface area contributed by atoms with Crippen molar-refractivity contribution < 1.29 is 28.8 Å². The lowest BCUT2D eigenvalue weighted by Gasteiger charge is -2.22. The molecule has 62 heavy (non-hydrogen) atoms. The molecule has 0 saturated carbocycles. The van der Waals surface area contributed by atoms with Crippen LogP contribution in [0.1, 0.15) is 150 Å². The third-order valence-electron chi connectivity index (χ3n) is 11.0. The fourth-order valence-electron chi connectivity index (χ4n) is 6.55. The highest BCUT2D eigenvalue weighted by Gasteiger charge is 2.17. The van der Waals surface area contributed by atoms with Crippen molar-refractivity contribution in [2.75, 3.05) is 37.5 Å².